The first-order valence-corrected chi connectivity index (χ1v) is 4.97. The smallest absolute Gasteiger partial charge is 0.0837 e. The molecule has 0 unspecified atom stereocenters. The molecule has 3 N–H and O–H groups in total. The SMILES string of the molecule is c1cc2ccc(C3NCCN3)cc2[nH]1. The number of benzene rings is 1. The summed E-state index contributed by atoms with van der Waals surface area (Å²) in [6.45, 7) is 2.10. The van der Waals surface area contributed by atoms with Crippen molar-refractivity contribution in [3.05, 3.63) is 36.0 Å². The van der Waals surface area contributed by atoms with Gasteiger partial charge in [-0.05, 0) is 23.1 Å². The fourth-order valence-corrected chi connectivity index (χ4v) is 1.99. The lowest BCUT2D eigenvalue weighted by atomic mass is 10.1. The van der Waals surface area contributed by atoms with Crippen LogP contribution in [0, 0.1) is 0 Å². The van der Waals surface area contributed by atoms with E-state index in [-0.39, 0.29) is 0 Å². The minimum atomic E-state index is 0.322. The van der Waals surface area contributed by atoms with E-state index in [1.165, 1.54) is 16.5 Å². The van der Waals surface area contributed by atoms with Crippen molar-refractivity contribution in [3.63, 3.8) is 0 Å². The first-order chi connectivity index (χ1) is 6.93. The van der Waals surface area contributed by atoms with Crippen LogP contribution < -0.4 is 10.6 Å². The van der Waals surface area contributed by atoms with Gasteiger partial charge < -0.3 is 4.98 Å². The number of nitrogens with one attached hydrogen (secondary N) is 3. The molecule has 3 nitrogen and oxygen atoms in total. The largest absolute Gasteiger partial charge is 0.361 e. The zero-order valence-corrected chi connectivity index (χ0v) is 7.88. The Morgan fingerprint density at radius 2 is 1.93 bits per heavy atom. The molecule has 2 aromatic rings. The maximum Gasteiger partial charge on any atom is 0.0837 e. The average Bonchev–Trinajstić information content (AvgIpc) is 2.88. The number of hydrogen-bond donors (Lipinski definition) is 3. The molecule has 0 atom stereocenters. The molecule has 3 rings (SSSR count). The van der Waals surface area contributed by atoms with Crippen molar-refractivity contribution in [1.82, 2.24) is 15.6 Å². The summed E-state index contributed by atoms with van der Waals surface area (Å²) in [7, 11) is 0. The van der Waals surface area contributed by atoms with Crippen LogP contribution in [0.1, 0.15) is 11.7 Å². The fourth-order valence-electron chi connectivity index (χ4n) is 1.99. The van der Waals surface area contributed by atoms with Crippen LogP contribution in [0.3, 0.4) is 0 Å². The van der Waals surface area contributed by atoms with Crippen LogP contribution in [0.15, 0.2) is 30.5 Å². The van der Waals surface area contributed by atoms with Gasteiger partial charge in [0.05, 0.1) is 6.17 Å². The van der Waals surface area contributed by atoms with Gasteiger partial charge in [0.25, 0.3) is 0 Å². The topological polar surface area (TPSA) is 39.8 Å². The summed E-state index contributed by atoms with van der Waals surface area (Å²) < 4.78 is 0. The van der Waals surface area contributed by atoms with E-state index in [1.807, 2.05) is 6.20 Å². The van der Waals surface area contributed by atoms with Gasteiger partial charge in [0.1, 0.15) is 0 Å². The van der Waals surface area contributed by atoms with Crippen LogP contribution in [0.5, 0.6) is 0 Å². The van der Waals surface area contributed by atoms with E-state index in [0.717, 1.165) is 13.1 Å². The second kappa shape index (κ2) is 3.12. The van der Waals surface area contributed by atoms with Crippen molar-refractivity contribution in [2.75, 3.05) is 13.1 Å². The van der Waals surface area contributed by atoms with Crippen LogP contribution >= 0.6 is 0 Å². The first kappa shape index (κ1) is 8.03. The highest BCUT2D eigenvalue weighted by atomic mass is 15.2. The minimum absolute atomic E-state index is 0.322. The lowest BCUT2D eigenvalue weighted by Gasteiger charge is -2.10. The van der Waals surface area contributed by atoms with Gasteiger partial charge in [0, 0.05) is 24.8 Å². The van der Waals surface area contributed by atoms with Crippen LogP contribution in [-0.4, -0.2) is 18.1 Å². The Balaban J connectivity index is 2.04. The summed E-state index contributed by atoms with van der Waals surface area (Å²) in [6, 6.07) is 8.62. The van der Waals surface area contributed by atoms with Gasteiger partial charge >= 0.3 is 0 Å². The van der Waals surface area contributed by atoms with Gasteiger partial charge in [-0.2, -0.15) is 0 Å². The molecular formula is C11H13N3. The van der Waals surface area contributed by atoms with Gasteiger partial charge in [0.15, 0.2) is 0 Å². The number of H-pyrrole nitrogens is 1. The molecule has 0 saturated carbocycles. The number of aromatic amines is 1. The highest BCUT2D eigenvalue weighted by Gasteiger charge is 2.14. The Bertz CT molecular complexity index is 440. The Hall–Kier alpha value is -1.32. The van der Waals surface area contributed by atoms with Crippen LogP contribution in [-0.2, 0) is 0 Å². The van der Waals surface area contributed by atoms with Crippen molar-refractivity contribution in [2.24, 2.45) is 0 Å². The second-order valence-electron chi connectivity index (χ2n) is 3.67. The van der Waals surface area contributed by atoms with E-state index >= 15 is 0 Å². The van der Waals surface area contributed by atoms with Gasteiger partial charge in [-0.25, -0.2) is 0 Å². The predicted molar refractivity (Wildman–Crippen MR) is 57.0 cm³/mol. The first-order valence-electron chi connectivity index (χ1n) is 4.97. The molecule has 1 aromatic carbocycles. The number of hydrogen-bond acceptors (Lipinski definition) is 2. The fraction of sp³-hybridized carbons (Fsp3) is 0.273. The van der Waals surface area contributed by atoms with Crippen LogP contribution in [0.25, 0.3) is 10.9 Å². The molecule has 1 aliphatic heterocycles. The van der Waals surface area contributed by atoms with Gasteiger partial charge in [-0.3, -0.25) is 10.6 Å². The number of aromatic nitrogens is 1. The molecule has 0 amide bonds. The standard InChI is InChI=1S/C11H13N3/c1-2-9(11-13-5-6-14-11)7-10-8(1)3-4-12-10/h1-4,7,11-14H,5-6H2. The Morgan fingerprint density at radius 3 is 2.79 bits per heavy atom. The van der Waals surface area contributed by atoms with Crippen molar-refractivity contribution < 1.29 is 0 Å². The molecule has 0 aliphatic carbocycles. The molecule has 1 fully saturated rings. The Labute approximate surface area is 82.5 Å². The Morgan fingerprint density at radius 1 is 1.07 bits per heavy atom. The van der Waals surface area contributed by atoms with Crippen LogP contribution in [0.4, 0.5) is 0 Å². The zero-order valence-electron chi connectivity index (χ0n) is 7.88. The molecule has 2 heterocycles. The minimum Gasteiger partial charge on any atom is -0.361 e. The molecule has 72 valence electrons. The summed E-state index contributed by atoms with van der Waals surface area (Å²) in [5.74, 6) is 0. The van der Waals surface area contributed by atoms with Crippen LogP contribution in [0.2, 0.25) is 0 Å². The quantitative estimate of drug-likeness (QED) is 0.631. The summed E-state index contributed by atoms with van der Waals surface area (Å²) in [4.78, 5) is 3.23. The third-order valence-corrected chi connectivity index (χ3v) is 2.73. The van der Waals surface area contributed by atoms with Crippen molar-refractivity contribution in [1.29, 1.82) is 0 Å². The highest BCUT2D eigenvalue weighted by Crippen LogP contribution is 2.19. The lowest BCUT2D eigenvalue weighted by molar-refractivity contribution is 0.589. The summed E-state index contributed by atoms with van der Waals surface area (Å²) in [5, 5.41) is 8.08. The molecule has 0 bridgehead atoms. The Kier molecular flexibility index (Phi) is 1.79. The molecule has 1 aromatic heterocycles. The van der Waals surface area contributed by atoms with Gasteiger partial charge in [-0.15, -0.1) is 0 Å². The number of fused-ring (bicyclic) bond motifs is 1. The normalized spacial score (nSPS) is 18.0. The second-order valence-corrected chi connectivity index (χ2v) is 3.67. The van der Waals surface area contributed by atoms with E-state index in [9.17, 15) is 0 Å². The molecule has 1 saturated heterocycles. The van der Waals surface area contributed by atoms with Crippen molar-refractivity contribution >= 4 is 10.9 Å². The third-order valence-electron chi connectivity index (χ3n) is 2.73. The highest BCUT2D eigenvalue weighted by molar-refractivity contribution is 5.79. The molecule has 0 spiro atoms. The van der Waals surface area contributed by atoms with Crippen molar-refractivity contribution in [2.45, 2.75) is 6.17 Å². The molecule has 3 heteroatoms. The lowest BCUT2D eigenvalue weighted by Crippen LogP contribution is -2.20. The average molecular weight is 187 g/mol. The third kappa shape index (κ3) is 1.22. The monoisotopic (exact) mass is 187 g/mol. The number of rotatable bonds is 1. The predicted octanol–water partition coefficient (Wildman–Crippen LogP) is 1.36. The summed E-state index contributed by atoms with van der Waals surface area (Å²) >= 11 is 0. The zero-order chi connectivity index (χ0) is 9.38. The van der Waals surface area contributed by atoms with Gasteiger partial charge in [0.2, 0.25) is 0 Å². The van der Waals surface area contributed by atoms with E-state index in [4.69, 9.17) is 0 Å². The maximum atomic E-state index is 3.40. The summed E-state index contributed by atoms with van der Waals surface area (Å²) in [5.41, 5.74) is 2.51. The van der Waals surface area contributed by atoms with E-state index in [0.29, 0.717) is 6.17 Å². The molecule has 1 aliphatic rings. The molecule has 14 heavy (non-hydrogen) atoms. The van der Waals surface area contributed by atoms with E-state index < -0.39 is 0 Å². The van der Waals surface area contributed by atoms with Gasteiger partial charge in [-0.1, -0.05) is 12.1 Å². The molecule has 0 radical (unpaired) electrons. The summed E-state index contributed by atoms with van der Waals surface area (Å²) in [6.07, 6.45) is 2.30. The maximum absolute atomic E-state index is 3.40. The molecular weight excluding hydrogens is 174 g/mol. The van der Waals surface area contributed by atoms with E-state index in [1.54, 1.807) is 0 Å². The van der Waals surface area contributed by atoms with E-state index in [2.05, 4.69) is 39.9 Å². The van der Waals surface area contributed by atoms with Crippen molar-refractivity contribution in [3.8, 4) is 0 Å².